The third kappa shape index (κ3) is 4.56. The summed E-state index contributed by atoms with van der Waals surface area (Å²) in [5.41, 5.74) is 1.02. The lowest BCUT2D eigenvalue weighted by Crippen LogP contribution is -2.15. The van der Waals surface area contributed by atoms with Crippen LogP contribution in [0.5, 0.6) is 5.75 Å². The van der Waals surface area contributed by atoms with Crippen molar-refractivity contribution in [1.29, 1.82) is 0 Å². The van der Waals surface area contributed by atoms with E-state index in [0.29, 0.717) is 11.1 Å². The molecule has 0 radical (unpaired) electrons. The van der Waals surface area contributed by atoms with Gasteiger partial charge < -0.3 is 10.1 Å². The number of anilines is 1. The molecule has 0 unspecified atom stereocenters. The SMILES string of the molecule is CCOc1ccc(CC(=O)Nc2ccc(Br)cc2F)cc1. The Kier molecular flexibility index (Phi) is 5.33. The van der Waals surface area contributed by atoms with Gasteiger partial charge in [0.25, 0.3) is 0 Å². The summed E-state index contributed by atoms with van der Waals surface area (Å²) in [7, 11) is 0. The molecule has 0 fully saturated rings. The molecule has 0 aliphatic carbocycles. The smallest absolute Gasteiger partial charge is 0.228 e. The number of rotatable bonds is 5. The van der Waals surface area contributed by atoms with Crippen molar-refractivity contribution in [3.05, 3.63) is 58.3 Å². The number of ether oxygens (including phenoxy) is 1. The Labute approximate surface area is 131 Å². The fourth-order valence-corrected chi connectivity index (χ4v) is 2.17. The Hall–Kier alpha value is -1.88. The van der Waals surface area contributed by atoms with E-state index >= 15 is 0 Å². The topological polar surface area (TPSA) is 38.3 Å². The van der Waals surface area contributed by atoms with Gasteiger partial charge in [0.1, 0.15) is 11.6 Å². The standard InChI is InChI=1S/C16H15BrFNO2/c1-2-21-13-6-3-11(4-7-13)9-16(20)19-15-8-5-12(17)10-14(15)18/h3-8,10H,2,9H2,1H3,(H,19,20). The average molecular weight is 352 g/mol. The van der Waals surface area contributed by atoms with Crippen molar-refractivity contribution in [2.75, 3.05) is 11.9 Å². The van der Waals surface area contributed by atoms with E-state index in [9.17, 15) is 9.18 Å². The largest absolute Gasteiger partial charge is 0.494 e. The highest BCUT2D eigenvalue weighted by atomic mass is 79.9. The summed E-state index contributed by atoms with van der Waals surface area (Å²) in [6, 6.07) is 11.8. The number of hydrogen-bond donors (Lipinski definition) is 1. The Bertz CT molecular complexity index is 629. The van der Waals surface area contributed by atoms with E-state index < -0.39 is 5.82 Å². The summed E-state index contributed by atoms with van der Waals surface area (Å²) in [6.45, 7) is 2.51. The van der Waals surface area contributed by atoms with Gasteiger partial charge in [-0.1, -0.05) is 28.1 Å². The molecule has 0 aromatic heterocycles. The second-order valence-corrected chi connectivity index (χ2v) is 5.34. The molecule has 0 saturated carbocycles. The zero-order chi connectivity index (χ0) is 15.2. The molecule has 1 N–H and O–H groups in total. The van der Waals surface area contributed by atoms with E-state index in [-0.39, 0.29) is 18.0 Å². The van der Waals surface area contributed by atoms with Crippen LogP contribution in [-0.4, -0.2) is 12.5 Å². The molecule has 0 atom stereocenters. The lowest BCUT2D eigenvalue weighted by atomic mass is 10.1. The van der Waals surface area contributed by atoms with Crippen LogP contribution in [0.2, 0.25) is 0 Å². The molecule has 2 rings (SSSR count). The van der Waals surface area contributed by atoms with Crippen molar-refractivity contribution < 1.29 is 13.9 Å². The second-order valence-electron chi connectivity index (χ2n) is 4.43. The molecule has 0 bridgehead atoms. The fraction of sp³-hybridized carbons (Fsp3) is 0.188. The molecule has 0 saturated heterocycles. The number of hydrogen-bond acceptors (Lipinski definition) is 2. The van der Waals surface area contributed by atoms with Gasteiger partial charge in [-0.25, -0.2) is 4.39 Å². The van der Waals surface area contributed by atoms with Gasteiger partial charge in [-0.15, -0.1) is 0 Å². The van der Waals surface area contributed by atoms with Crippen LogP contribution in [0.15, 0.2) is 46.9 Å². The molecule has 5 heteroatoms. The van der Waals surface area contributed by atoms with E-state index in [4.69, 9.17) is 4.74 Å². The third-order valence-electron chi connectivity index (χ3n) is 2.80. The van der Waals surface area contributed by atoms with Gasteiger partial charge in [0.2, 0.25) is 5.91 Å². The first-order valence-electron chi connectivity index (χ1n) is 6.55. The lowest BCUT2D eigenvalue weighted by Gasteiger charge is -2.08. The Morgan fingerprint density at radius 3 is 2.57 bits per heavy atom. The zero-order valence-electron chi connectivity index (χ0n) is 11.5. The van der Waals surface area contributed by atoms with Crippen LogP contribution in [0.1, 0.15) is 12.5 Å². The van der Waals surface area contributed by atoms with Gasteiger partial charge >= 0.3 is 0 Å². The first-order chi connectivity index (χ1) is 10.1. The molecule has 2 aromatic rings. The van der Waals surface area contributed by atoms with Gasteiger partial charge in [-0.3, -0.25) is 4.79 Å². The van der Waals surface area contributed by atoms with E-state index in [1.807, 2.05) is 31.2 Å². The first kappa shape index (κ1) is 15.5. The molecule has 0 spiro atoms. The summed E-state index contributed by atoms with van der Waals surface area (Å²) in [5.74, 6) is 0.0328. The summed E-state index contributed by atoms with van der Waals surface area (Å²) in [4.78, 5) is 11.9. The molecular weight excluding hydrogens is 337 g/mol. The summed E-state index contributed by atoms with van der Waals surface area (Å²) >= 11 is 3.17. The van der Waals surface area contributed by atoms with Gasteiger partial charge in [-0.05, 0) is 42.8 Å². The molecule has 1 amide bonds. The number of amides is 1. The highest BCUT2D eigenvalue weighted by Gasteiger charge is 2.08. The minimum absolute atomic E-state index is 0.175. The molecule has 0 heterocycles. The molecule has 0 aliphatic rings. The number of halogens is 2. The molecule has 110 valence electrons. The van der Waals surface area contributed by atoms with E-state index in [1.165, 1.54) is 12.1 Å². The Morgan fingerprint density at radius 1 is 1.24 bits per heavy atom. The molecule has 21 heavy (non-hydrogen) atoms. The first-order valence-corrected chi connectivity index (χ1v) is 7.34. The predicted octanol–water partition coefficient (Wildman–Crippen LogP) is 4.17. The monoisotopic (exact) mass is 351 g/mol. The molecule has 2 aromatic carbocycles. The van der Waals surface area contributed by atoms with Crippen LogP contribution in [-0.2, 0) is 11.2 Å². The van der Waals surface area contributed by atoms with Crippen molar-refractivity contribution >= 4 is 27.5 Å². The van der Waals surface area contributed by atoms with E-state index in [2.05, 4.69) is 21.2 Å². The van der Waals surface area contributed by atoms with Crippen molar-refractivity contribution in [3.8, 4) is 5.75 Å². The summed E-state index contributed by atoms with van der Waals surface area (Å²) in [5, 5.41) is 2.56. The number of carbonyl (C=O) groups is 1. The van der Waals surface area contributed by atoms with Crippen molar-refractivity contribution in [2.45, 2.75) is 13.3 Å². The Morgan fingerprint density at radius 2 is 1.95 bits per heavy atom. The van der Waals surface area contributed by atoms with Gasteiger partial charge in [0, 0.05) is 4.47 Å². The minimum Gasteiger partial charge on any atom is -0.494 e. The molecule has 0 aliphatic heterocycles. The van der Waals surface area contributed by atoms with Crippen LogP contribution in [0.3, 0.4) is 0 Å². The quantitative estimate of drug-likeness (QED) is 0.877. The normalized spacial score (nSPS) is 10.2. The summed E-state index contributed by atoms with van der Waals surface area (Å²) < 4.78 is 19.6. The Balaban J connectivity index is 1.98. The van der Waals surface area contributed by atoms with Gasteiger partial charge in [0.15, 0.2) is 0 Å². The molecular formula is C16H15BrFNO2. The highest BCUT2D eigenvalue weighted by molar-refractivity contribution is 9.10. The number of carbonyl (C=O) groups excluding carboxylic acids is 1. The average Bonchev–Trinajstić information content (AvgIpc) is 2.44. The maximum absolute atomic E-state index is 13.6. The van der Waals surface area contributed by atoms with Gasteiger partial charge in [0.05, 0.1) is 18.7 Å². The van der Waals surface area contributed by atoms with Crippen molar-refractivity contribution in [3.63, 3.8) is 0 Å². The van der Waals surface area contributed by atoms with E-state index in [1.54, 1.807) is 6.07 Å². The van der Waals surface area contributed by atoms with Crippen LogP contribution < -0.4 is 10.1 Å². The second kappa shape index (κ2) is 7.22. The number of benzene rings is 2. The van der Waals surface area contributed by atoms with Crippen LogP contribution in [0.4, 0.5) is 10.1 Å². The van der Waals surface area contributed by atoms with Crippen LogP contribution in [0.25, 0.3) is 0 Å². The maximum Gasteiger partial charge on any atom is 0.228 e. The maximum atomic E-state index is 13.6. The number of nitrogens with one attached hydrogen (secondary N) is 1. The third-order valence-corrected chi connectivity index (χ3v) is 3.30. The summed E-state index contributed by atoms with van der Waals surface area (Å²) in [6.07, 6.45) is 0.182. The van der Waals surface area contributed by atoms with E-state index in [0.717, 1.165) is 11.3 Å². The van der Waals surface area contributed by atoms with Crippen molar-refractivity contribution in [1.82, 2.24) is 0 Å². The van der Waals surface area contributed by atoms with Crippen LogP contribution >= 0.6 is 15.9 Å². The zero-order valence-corrected chi connectivity index (χ0v) is 13.1. The highest BCUT2D eigenvalue weighted by Crippen LogP contribution is 2.20. The molecule has 3 nitrogen and oxygen atoms in total. The lowest BCUT2D eigenvalue weighted by molar-refractivity contribution is -0.115. The predicted molar refractivity (Wildman–Crippen MR) is 84.0 cm³/mol. The van der Waals surface area contributed by atoms with Gasteiger partial charge in [-0.2, -0.15) is 0 Å². The minimum atomic E-state index is -0.468. The van der Waals surface area contributed by atoms with Crippen molar-refractivity contribution in [2.24, 2.45) is 0 Å². The van der Waals surface area contributed by atoms with Crippen LogP contribution in [0, 0.1) is 5.82 Å². The fourth-order valence-electron chi connectivity index (χ4n) is 1.84.